The molecular weight excluding hydrogens is 416 g/mol. The minimum atomic E-state index is -3.97. The van der Waals surface area contributed by atoms with Crippen molar-refractivity contribution in [2.75, 3.05) is 54.6 Å². The van der Waals surface area contributed by atoms with Gasteiger partial charge in [-0.25, -0.2) is 13.2 Å². The SMILES string of the molecule is COc1cc(S(=O)(=O)N2CCN(C(=O)OC(C)(C)C)CC2)c(OC)c(OC)c1OC. The van der Waals surface area contributed by atoms with E-state index in [2.05, 4.69) is 0 Å². The molecule has 0 unspecified atom stereocenters. The first-order valence-corrected chi connectivity index (χ1v) is 10.8. The summed E-state index contributed by atoms with van der Waals surface area (Å²) in [7, 11) is 1.59. The van der Waals surface area contributed by atoms with Crippen molar-refractivity contribution in [3.05, 3.63) is 6.07 Å². The zero-order valence-corrected chi connectivity index (χ0v) is 19.3. The van der Waals surface area contributed by atoms with Crippen molar-refractivity contribution in [2.45, 2.75) is 31.3 Å². The van der Waals surface area contributed by atoms with Gasteiger partial charge in [0, 0.05) is 32.2 Å². The van der Waals surface area contributed by atoms with Gasteiger partial charge in [-0.05, 0) is 20.8 Å². The molecule has 11 heteroatoms. The van der Waals surface area contributed by atoms with Crippen molar-refractivity contribution in [2.24, 2.45) is 0 Å². The van der Waals surface area contributed by atoms with Crippen molar-refractivity contribution in [3.8, 4) is 23.0 Å². The summed E-state index contributed by atoms with van der Waals surface area (Å²) in [6.07, 6.45) is -0.468. The molecule has 1 fully saturated rings. The minimum Gasteiger partial charge on any atom is -0.493 e. The van der Waals surface area contributed by atoms with Crippen LogP contribution in [0.1, 0.15) is 20.8 Å². The van der Waals surface area contributed by atoms with Crippen LogP contribution in [0, 0.1) is 0 Å². The summed E-state index contributed by atoms with van der Waals surface area (Å²) < 4.78 is 54.6. The first-order chi connectivity index (χ1) is 14.0. The van der Waals surface area contributed by atoms with Crippen molar-refractivity contribution in [1.29, 1.82) is 0 Å². The fourth-order valence-electron chi connectivity index (χ4n) is 3.07. The molecule has 0 saturated carbocycles. The maximum Gasteiger partial charge on any atom is 0.410 e. The number of rotatable bonds is 6. The number of hydrogen-bond donors (Lipinski definition) is 0. The molecule has 0 bridgehead atoms. The second-order valence-corrected chi connectivity index (χ2v) is 9.45. The third-order valence-corrected chi connectivity index (χ3v) is 6.37. The van der Waals surface area contributed by atoms with Crippen LogP contribution in [-0.2, 0) is 14.8 Å². The van der Waals surface area contributed by atoms with Gasteiger partial charge in [-0.15, -0.1) is 0 Å². The highest BCUT2D eigenvalue weighted by Crippen LogP contribution is 2.48. The number of benzene rings is 1. The van der Waals surface area contributed by atoms with E-state index >= 15 is 0 Å². The normalized spacial score (nSPS) is 15.5. The zero-order chi connectivity index (χ0) is 22.7. The van der Waals surface area contributed by atoms with Gasteiger partial charge in [-0.2, -0.15) is 4.31 Å². The average Bonchev–Trinajstić information content (AvgIpc) is 2.70. The lowest BCUT2D eigenvalue weighted by Gasteiger charge is -2.35. The number of ether oxygens (including phenoxy) is 5. The lowest BCUT2D eigenvalue weighted by molar-refractivity contribution is 0.0192. The Morgan fingerprint density at radius 2 is 1.40 bits per heavy atom. The first kappa shape index (κ1) is 23.9. The molecule has 0 aromatic heterocycles. The Morgan fingerprint density at radius 3 is 1.83 bits per heavy atom. The fraction of sp³-hybridized carbons (Fsp3) is 0.632. The summed E-state index contributed by atoms with van der Waals surface area (Å²) in [6, 6.07) is 1.34. The Bertz CT molecular complexity index is 872. The number of methoxy groups -OCH3 is 4. The van der Waals surface area contributed by atoms with Crippen molar-refractivity contribution in [3.63, 3.8) is 0 Å². The Hall–Kier alpha value is -2.40. The van der Waals surface area contributed by atoms with E-state index in [-0.39, 0.29) is 54.1 Å². The molecule has 1 aromatic carbocycles. The summed E-state index contributed by atoms with van der Waals surface area (Å²) in [4.78, 5) is 13.6. The predicted molar refractivity (Wildman–Crippen MR) is 109 cm³/mol. The molecule has 1 aliphatic rings. The van der Waals surface area contributed by atoms with Gasteiger partial charge in [0.15, 0.2) is 11.5 Å². The summed E-state index contributed by atoms with van der Waals surface area (Å²) in [5.41, 5.74) is -0.621. The van der Waals surface area contributed by atoms with Crippen LogP contribution in [-0.4, -0.2) is 83.9 Å². The number of amides is 1. The molecule has 2 rings (SSSR count). The summed E-state index contributed by atoms with van der Waals surface area (Å²) in [5.74, 6) is 0.557. The van der Waals surface area contributed by atoms with Crippen LogP contribution in [0.25, 0.3) is 0 Å². The molecule has 170 valence electrons. The second-order valence-electron chi connectivity index (χ2n) is 7.55. The van der Waals surface area contributed by atoms with Gasteiger partial charge in [0.25, 0.3) is 0 Å². The van der Waals surface area contributed by atoms with Crippen molar-refractivity contribution in [1.82, 2.24) is 9.21 Å². The van der Waals surface area contributed by atoms with Gasteiger partial charge in [0.2, 0.25) is 21.5 Å². The average molecular weight is 447 g/mol. The second kappa shape index (κ2) is 9.17. The van der Waals surface area contributed by atoms with Gasteiger partial charge in [0.1, 0.15) is 10.5 Å². The standard InChI is InChI=1S/C19H30N2O8S/c1-19(2,3)29-18(22)20-8-10-21(11-9-20)30(23,24)14-12-13(25-4)15(26-5)17(28-7)16(14)27-6/h12H,8-11H2,1-7H3. The Kier molecular flexibility index (Phi) is 7.30. The fourth-order valence-corrected chi connectivity index (χ4v) is 4.66. The van der Waals surface area contributed by atoms with E-state index in [1.807, 2.05) is 0 Å². The third-order valence-electron chi connectivity index (χ3n) is 4.46. The van der Waals surface area contributed by atoms with E-state index < -0.39 is 21.7 Å². The van der Waals surface area contributed by atoms with E-state index in [0.717, 1.165) is 0 Å². The number of piperazine rings is 1. The molecule has 0 N–H and O–H groups in total. The van der Waals surface area contributed by atoms with Crippen LogP contribution in [0.5, 0.6) is 23.0 Å². The predicted octanol–water partition coefficient (Wildman–Crippen LogP) is 1.96. The van der Waals surface area contributed by atoms with E-state index in [4.69, 9.17) is 23.7 Å². The summed E-state index contributed by atoms with van der Waals surface area (Å²) in [6.45, 7) is 5.98. The van der Waals surface area contributed by atoms with Crippen LogP contribution < -0.4 is 18.9 Å². The largest absolute Gasteiger partial charge is 0.493 e. The number of hydrogen-bond acceptors (Lipinski definition) is 8. The summed E-state index contributed by atoms with van der Waals surface area (Å²) >= 11 is 0. The van der Waals surface area contributed by atoms with E-state index in [0.29, 0.717) is 0 Å². The van der Waals surface area contributed by atoms with Crippen LogP contribution in [0.4, 0.5) is 4.79 Å². The molecule has 1 saturated heterocycles. The molecule has 1 aliphatic heterocycles. The molecule has 0 atom stereocenters. The number of sulfonamides is 1. The Balaban J connectivity index is 2.33. The maximum absolute atomic E-state index is 13.4. The van der Waals surface area contributed by atoms with E-state index in [1.54, 1.807) is 20.8 Å². The third kappa shape index (κ3) is 4.84. The van der Waals surface area contributed by atoms with Crippen LogP contribution in [0.15, 0.2) is 11.0 Å². The molecule has 30 heavy (non-hydrogen) atoms. The monoisotopic (exact) mass is 446 g/mol. The van der Waals surface area contributed by atoms with Crippen molar-refractivity contribution >= 4 is 16.1 Å². The first-order valence-electron chi connectivity index (χ1n) is 9.35. The maximum atomic E-state index is 13.4. The minimum absolute atomic E-state index is 0.0183. The molecule has 1 aromatic rings. The number of carbonyl (C=O) groups is 1. The van der Waals surface area contributed by atoms with Crippen LogP contribution in [0.2, 0.25) is 0 Å². The molecule has 0 radical (unpaired) electrons. The summed E-state index contributed by atoms with van der Waals surface area (Å²) in [5, 5.41) is 0. The quantitative estimate of drug-likeness (QED) is 0.653. The smallest absolute Gasteiger partial charge is 0.410 e. The molecule has 0 spiro atoms. The molecular formula is C19H30N2O8S. The van der Waals surface area contributed by atoms with Gasteiger partial charge in [-0.1, -0.05) is 0 Å². The number of nitrogens with zero attached hydrogens (tertiary/aromatic N) is 2. The molecule has 1 amide bonds. The topological polar surface area (TPSA) is 104 Å². The van der Waals surface area contributed by atoms with Crippen LogP contribution >= 0.6 is 0 Å². The highest BCUT2D eigenvalue weighted by molar-refractivity contribution is 7.89. The molecule has 0 aliphatic carbocycles. The highest BCUT2D eigenvalue weighted by atomic mass is 32.2. The lowest BCUT2D eigenvalue weighted by Crippen LogP contribution is -2.51. The van der Waals surface area contributed by atoms with E-state index in [1.165, 1.54) is 43.7 Å². The molecule has 1 heterocycles. The van der Waals surface area contributed by atoms with Crippen LogP contribution in [0.3, 0.4) is 0 Å². The number of carbonyl (C=O) groups excluding carboxylic acids is 1. The zero-order valence-electron chi connectivity index (χ0n) is 18.5. The van der Waals surface area contributed by atoms with E-state index in [9.17, 15) is 13.2 Å². The molecule has 10 nitrogen and oxygen atoms in total. The van der Waals surface area contributed by atoms with Gasteiger partial charge in [-0.3, -0.25) is 0 Å². The van der Waals surface area contributed by atoms with Gasteiger partial charge in [0.05, 0.1) is 28.4 Å². The van der Waals surface area contributed by atoms with Crippen molar-refractivity contribution < 1.29 is 36.9 Å². The Morgan fingerprint density at radius 1 is 0.867 bits per heavy atom. The van der Waals surface area contributed by atoms with Gasteiger partial charge >= 0.3 is 6.09 Å². The highest BCUT2D eigenvalue weighted by Gasteiger charge is 2.36. The Labute approximate surface area is 177 Å². The van der Waals surface area contributed by atoms with Gasteiger partial charge < -0.3 is 28.6 Å². The lowest BCUT2D eigenvalue weighted by atomic mass is 10.2.